The predicted octanol–water partition coefficient (Wildman–Crippen LogP) is 8.56. The number of ether oxygens (including phenoxy) is 2. The van der Waals surface area contributed by atoms with Crippen molar-refractivity contribution in [3.8, 4) is 11.8 Å². The molecule has 0 aliphatic heterocycles. The Morgan fingerprint density at radius 2 is 1.26 bits per heavy atom. The van der Waals surface area contributed by atoms with E-state index in [-0.39, 0.29) is 23.4 Å². The second-order valence-corrected chi connectivity index (χ2v) is 11.8. The van der Waals surface area contributed by atoms with E-state index in [2.05, 4.69) is 30.6 Å². The molecule has 3 heterocycles. The number of fused-ring (bicyclic) bond motifs is 1. The van der Waals surface area contributed by atoms with Gasteiger partial charge in [0.15, 0.2) is 0 Å². The van der Waals surface area contributed by atoms with Crippen molar-refractivity contribution in [2.45, 2.75) is 27.3 Å². The van der Waals surface area contributed by atoms with E-state index in [0.29, 0.717) is 23.1 Å². The maximum absolute atomic E-state index is 11.5. The number of amides is 1. The Balaban J connectivity index is 0.000000241. The van der Waals surface area contributed by atoms with Gasteiger partial charge in [0.25, 0.3) is 17.4 Å². The second-order valence-electron chi connectivity index (χ2n) is 11.8. The van der Waals surface area contributed by atoms with E-state index in [0.717, 1.165) is 45.3 Å². The molecule has 0 spiro atoms. The summed E-state index contributed by atoms with van der Waals surface area (Å²) in [6.45, 7) is 5.72. The van der Waals surface area contributed by atoms with Crippen LogP contribution in [0, 0.1) is 24.0 Å². The number of aryl methyl sites for hydroxylation is 2. The van der Waals surface area contributed by atoms with Gasteiger partial charge >= 0.3 is 0 Å². The second kappa shape index (κ2) is 17.8. The Bertz CT molecular complexity index is 2310. The maximum atomic E-state index is 11.5. The largest absolute Gasteiger partial charge is 0.477 e. The van der Waals surface area contributed by atoms with Gasteiger partial charge in [-0.15, -0.1) is 0 Å². The molecular weight excluding hydrogens is 670 g/mol. The van der Waals surface area contributed by atoms with Crippen molar-refractivity contribution < 1.29 is 19.2 Å². The molecule has 0 atom stereocenters. The molecule has 0 saturated heterocycles. The van der Waals surface area contributed by atoms with Crippen LogP contribution in [0.2, 0.25) is 0 Å². The fraction of sp³-hybridized carbons (Fsp3) is 0.146. The molecule has 3 aromatic carbocycles. The fourth-order valence-corrected chi connectivity index (χ4v) is 5.24. The molecule has 12 nitrogen and oxygen atoms in total. The number of anilines is 2. The van der Waals surface area contributed by atoms with Crippen LogP contribution in [0.25, 0.3) is 35.3 Å². The highest BCUT2D eigenvalue weighted by molar-refractivity contribution is 5.89. The number of nitrogens with zero attached hydrogens (tertiary/aromatic N) is 5. The number of carbonyl (C=O) groups is 1. The SMILES string of the molecule is CC(=O)Nc1cccc(C=Cc2cccc(C)n2)c1.COc1nc2cc([N+](=O)[O-])cc(CNc3cccc(C=Cc4cccc(C)n4)c3)c2nc1OC. The number of rotatable bonds is 11. The summed E-state index contributed by atoms with van der Waals surface area (Å²) in [4.78, 5) is 39.7. The minimum atomic E-state index is -0.452. The van der Waals surface area contributed by atoms with E-state index in [1.807, 2.05) is 123 Å². The van der Waals surface area contributed by atoms with Crippen LogP contribution in [-0.4, -0.2) is 45.0 Å². The van der Waals surface area contributed by atoms with Crippen LogP contribution in [0.1, 0.15) is 46.4 Å². The average molecular weight is 710 g/mol. The van der Waals surface area contributed by atoms with Gasteiger partial charge in [0.05, 0.1) is 36.0 Å². The minimum absolute atomic E-state index is 0.0681. The molecule has 6 rings (SSSR count). The standard InChI is InChI=1S/C25H23N5O4.C16H16N2O/c1-16-6-4-8-19(27-16)11-10-17-7-5-9-20(12-17)26-15-18-13-21(30(31)32)14-22-23(18)29-25(34-3)24(28-22)33-2;1-12-5-3-7-15(17-12)10-9-14-6-4-8-16(11-14)18-13(2)19/h4-14,26H,15H2,1-3H3;3-11H,1-2H3,(H,18,19). The molecule has 0 radical (unpaired) electrons. The number of carbonyl (C=O) groups excluding carboxylic acids is 1. The third-order valence-corrected chi connectivity index (χ3v) is 7.66. The molecule has 3 aromatic heterocycles. The van der Waals surface area contributed by atoms with Gasteiger partial charge in [-0.3, -0.25) is 24.9 Å². The van der Waals surface area contributed by atoms with E-state index < -0.39 is 4.92 Å². The third kappa shape index (κ3) is 10.8. The fourth-order valence-electron chi connectivity index (χ4n) is 5.24. The molecule has 0 bridgehead atoms. The first-order chi connectivity index (χ1) is 25.6. The summed E-state index contributed by atoms with van der Waals surface area (Å²) in [5.41, 5.74) is 8.80. The smallest absolute Gasteiger partial charge is 0.278 e. The summed E-state index contributed by atoms with van der Waals surface area (Å²) in [6.07, 6.45) is 7.88. The molecule has 268 valence electrons. The van der Waals surface area contributed by atoms with Crippen molar-refractivity contribution in [3.63, 3.8) is 0 Å². The van der Waals surface area contributed by atoms with Crippen LogP contribution in [0.3, 0.4) is 0 Å². The lowest BCUT2D eigenvalue weighted by atomic mass is 10.1. The zero-order chi connectivity index (χ0) is 37.7. The highest BCUT2D eigenvalue weighted by atomic mass is 16.6. The Morgan fingerprint density at radius 3 is 1.81 bits per heavy atom. The van der Waals surface area contributed by atoms with E-state index in [1.165, 1.54) is 33.3 Å². The molecule has 0 aliphatic carbocycles. The van der Waals surface area contributed by atoms with Crippen LogP contribution >= 0.6 is 0 Å². The lowest BCUT2D eigenvalue weighted by molar-refractivity contribution is -0.384. The highest BCUT2D eigenvalue weighted by Gasteiger charge is 2.18. The first kappa shape index (κ1) is 37.3. The zero-order valence-corrected chi connectivity index (χ0v) is 30.0. The Labute approximate surface area is 307 Å². The van der Waals surface area contributed by atoms with Crippen molar-refractivity contribution in [2.75, 3.05) is 24.9 Å². The van der Waals surface area contributed by atoms with Gasteiger partial charge in [-0.2, -0.15) is 0 Å². The molecule has 0 fully saturated rings. The zero-order valence-electron chi connectivity index (χ0n) is 30.0. The van der Waals surface area contributed by atoms with Crippen LogP contribution in [0.15, 0.2) is 97.1 Å². The van der Waals surface area contributed by atoms with Gasteiger partial charge in [0.1, 0.15) is 5.52 Å². The van der Waals surface area contributed by atoms with Crippen molar-refractivity contribution in [2.24, 2.45) is 0 Å². The Kier molecular flexibility index (Phi) is 12.5. The van der Waals surface area contributed by atoms with E-state index >= 15 is 0 Å². The predicted molar refractivity (Wildman–Crippen MR) is 210 cm³/mol. The Hall–Kier alpha value is -6.95. The number of pyridine rings is 2. The number of aromatic nitrogens is 4. The monoisotopic (exact) mass is 709 g/mol. The topological polar surface area (TPSA) is 154 Å². The van der Waals surface area contributed by atoms with Gasteiger partial charge in [0.2, 0.25) is 5.91 Å². The third-order valence-electron chi connectivity index (χ3n) is 7.66. The van der Waals surface area contributed by atoms with Crippen molar-refractivity contribution in [1.29, 1.82) is 0 Å². The summed E-state index contributed by atoms with van der Waals surface area (Å²) in [7, 11) is 2.90. The van der Waals surface area contributed by atoms with Gasteiger partial charge in [-0.05, 0) is 85.7 Å². The first-order valence-electron chi connectivity index (χ1n) is 16.6. The maximum Gasteiger partial charge on any atom is 0.278 e. The number of hydrogen-bond acceptors (Lipinski definition) is 10. The molecule has 0 saturated carbocycles. The molecule has 0 unspecified atom stereocenters. The number of methoxy groups -OCH3 is 2. The molecule has 12 heteroatoms. The van der Waals surface area contributed by atoms with E-state index in [9.17, 15) is 14.9 Å². The van der Waals surface area contributed by atoms with Crippen molar-refractivity contribution in [3.05, 3.63) is 147 Å². The molecule has 6 aromatic rings. The number of hydrogen-bond donors (Lipinski definition) is 2. The average Bonchev–Trinajstić information content (AvgIpc) is 3.15. The van der Waals surface area contributed by atoms with E-state index in [4.69, 9.17) is 9.47 Å². The normalized spacial score (nSPS) is 10.9. The molecule has 0 aliphatic rings. The number of non-ortho nitro benzene ring substituents is 1. The number of nitro groups is 1. The summed E-state index contributed by atoms with van der Waals surface area (Å²) >= 11 is 0. The summed E-state index contributed by atoms with van der Waals surface area (Å²) < 4.78 is 10.5. The van der Waals surface area contributed by atoms with Gasteiger partial charge in [0, 0.05) is 53.9 Å². The van der Waals surface area contributed by atoms with Crippen LogP contribution in [0.4, 0.5) is 17.1 Å². The lowest BCUT2D eigenvalue weighted by Gasteiger charge is -2.12. The van der Waals surface area contributed by atoms with Crippen molar-refractivity contribution in [1.82, 2.24) is 19.9 Å². The van der Waals surface area contributed by atoms with Crippen LogP contribution in [-0.2, 0) is 11.3 Å². The number of benzene rings is 3. The number of nitrogens with one attached hydrogen (secondary N) is 2. The molecule has 2 N–H and O–H groups in total. The summed E-state index contributed by atoms with van der Waals surface area (Å²) in [6, 6.07) is 30.2. The quantitative estimate of drug-likeness (QED) is 0.0988. The highest BCUT2D eigenvalue weighted by Crippen LogP contribution is 2.30. The van der Waals surface area contributed by atoms with Crippen LogP contribution in [0.5, 0.6) is 11.8 Å². The minimum Gasteiger partial charge on any atom is -0.477 e. The molecule has 1 amide bonds. The first-order valence-corrected chi connectivity index (χ1v) is 16.6. The number of nitro benzene ring substituents is 1. The van der Waals surface area contributed by atoms with Gasteiger partial charge in [-0.1, -0.05) is 48.6 Å². The van der Waals surface area contributed by atoms with Crippen LogP contribution < -0.4 is 20.1 Å². The molecule has 53 heavy (non-hydrogen) atoms. The van der Waals surface area contributed by atoms with E-state index in [1.54, 1.807) is 0 Å². The Morgan fingerprint density at radius 1 is 0.717 bits per heavy atom. The summed E-state index contributed by atoms with van der Waals surface area (Å²) in [5, 5.41) is 17.6. The summed E-state index contributed by atoms with van der Waals surface area (Å²) in [5.74, 6) is 0.306. The lowest BCUT2D eigenvalue weighted by Crippen LogP contribution is -2.05. The van der Waals surface area contributed by atoms with Gasteiger partial charge < -0.3 is 20.1 Å². The molecular formula is C41H39N7O5. The van der Waals surface area contributed by atoms with Gasteiger partial charge in [-0.25, -0.2) is 9.97 Å². The van der Waals surface area contributed by atoms with Crippen molar-refractivity contribution >= 4 is 58.3 Å².